The second kappa shape index (κ2) is 5.72. The zero-order valence-corrected chi connectivity index (χ0v) is 16.1. The lowest BCUT2D eigenvalue weighted by molar-refractivity contribution is 0.290. The summed E-state index contributed by atoms with van der Waals surface area (Å²) in [5.41, 5.74) is 9.23. The molecule has 1 aliphatic carbocycles. The van der Waals surface area contributed by atoms with Crippen molar-refractivity contribution in [3.63, 3.8) is 0 Å². The summed E-state index contributed by atoms with van der Waals surface area (Å²) >= 11 is 0. The molecule has 0 N–H and O–H groups in total. The second-order valence-electron chi connectivity index (χ2n) is 8.09. The predicted octanol–water partition coefficient (Wildman–Crippen LogP) is 5.75. The van der Waals surface area contributed by atoms with Gasteiger partial charge in [0.05, 0.1) is 17.6 Å². The Balaban J connectivity index is 1.94. The number of nitrogens with zero attached hydrogens (tertiary/aromatic N) is 2. The van der Waals surface area contributed by atoms with Gasteiger partial charge in [-0.05, 0) is 74.8 Å². The maximum absolute atomic E-state index is 4.71. The van der Waals surface area contributed by atoms with E-state index in [-0.39, 0.29) is 5.54 Å². The van der Waals surface area contributed by atoms with Gasteiger partial charge >= 0.3 is 0 Å². The van der Waals surface area contributed by atoms with Crippen molar-refractivity contribution < 1.29 is 0 Å². The first kappa shape index (κ1) is 16.4. The molecule has 2 aliphatic rings. The molecule has 2 aromatic carbocycles. The maximum atomic E-state index is 4.71. The first-order chi connectivity index (χ1) is 11.9. The van der Waals surface area contributed by atoms with Gasteiger partial charge in [0.2, 0.25) is 0 Å². The van der Waals surface area contributed by atoms with Gasteiger partial charge in [-0.3, -0.25) is 0 Å². The van der Waals surface area contributed by atoms with Crippen LogP contribution >= 0.6 is 0 Å². The summed E-state index contributed by atoms with van der Waals surface area (Å²) in [7, 11) is 2.15. The van der Waals surface area contributed by atoms with E-state index in [0.717, 1.165) is 11.6 Å². The van der Waals surface area contributed by atoms with Crippen LogP contribution in [0.3, 0.4) is 0 Å². The molecule has 0 saturated heterocycles. The summed E-state index contributed by atoms with van der Waals surface area (Å²) in [6.07, 6.45) is 6.02. The highest BCUT2D eigenvalue weighted by Gasteiger charge is 2.39. The van der Waals surface area contributed by atoms with Crippen molar-refractivity contribution in [2.24, 2.45) is 4.99 Å². The lowest BCUT2D eigenvalue weighted by Gasteiger charge is -2.43. The number of hydrogen-bond donors (Lipinski definition) is 0. The molecule has 1 unspecified atom stereocenters. The fraction of sp³-hybridized carbons (Fsp3) is 0.435. The van der Waals surface area contributed by atoms with Gasteiger partial charge in [-0.25, -0.2) is 4.99 Å². The molecule has 2 nitrogen and oxygen atoms in total. The molecule has 2 heteroatoms. The van der Waals surface area contributed by atoms with E-state index in [1.165, 1.54) is 52.6 Å². The molecule has 0 amide bonds. The van der Waals surface area contributed by atoms with Crippen LogP contribution in [0.25, 0.3) is 0 Å². The van der Waals surface area contributed by atoms with Crippen LogP contribution in [-0.2, 0) is 5.54 Å². The van der Waals surface area contributed by atoms with Crippen LogP contribution in [0.4, 0.5) is 5.69 Å². The molecule has 1 saturated carbocycles. The Bertz CT molecular complexity index is 861. The summed E-state index contributed by atoms with van der Waals surface area (Å²) < 4.78 is 0. The van der Waals surface area contributed by atoms with Crippen LogP contribution in [-0.4, -0.2) is 18.3 Å². The number of benzene rings is 2. The summed E-state index contributed by atoms with van der Waals surface area (Å²) in [5, 5.41) is 0. The predicted molar refractivity (Wildman–Crippen MR) is 106 cm³/mol. The zero-order valence-electron chi connectivity index (χ0n) is 16.1. The highest BCUT2D eigenvalue weighted by molar-refractivity contribution is 5.73. The first-order valence-electron chi connectivity index (χ1n) is 9.41. The van der Waals surface area contributed by atoms with E-state index in [0.29, 0.717) is 0 Å². The summed E-state index contributed by atoms with van der Waals surface area (Å²) in [5.74, 6) is 0.742. The molecule has 130 valence electrons. The van der Waals surface area contributed by atoms with E-state index < -0.39 is 0 Å². The van der Waals surface area contributed by atoms with Gasteiger partial charge in [-0.1, -0.05) is 36.2 Å². The van der Waals surface area contributed by atoms with Gasteiger partial charge in [-0.2, -0.15) is 0 Å². The van der Waals surface area contributed by atoms with Gasteiger partial charge < -0.3 is 4.90 Å². The van der Waals surface area contributed by atoms with Crippen LogP contribution in [0.2, 0.25) is 0 Å². The van der Waals surface area contributed by atoms with Crippen molar-refractivity contribution in [3.8, 4) is 0 Å². The van der Waals surface area contributed by atoms with E-state index in [4.69, 9.17) is 4.99 Å². The minimum atomic E-state index is -0.183. The van der Waals surface area contributed by atoms with E-state index in [1.54, 1.807) is 0 Å². The standard InChI is InChI=1S/C23H28N2/c1-15-11-16(2)17(3)20(12-15)23(4)21-13-19(18-7-6-8-18)9-10-22(21)24-14-25(23)5/h9-14,18H,6-8H2,1-5H3. The molecule has 1 heterocycles. The molecular weight excluding hydrogens is 304 g/mol. The zero-order chi connectivity index (χ0) is 17.8. The van der Waals surface area contributed by atoms with E-state index in [1.807, 2.05) is 6.34 Å². The van der Waals surface area contributed by atoms with Crippen molar-refractivity contribution in [1.29, 1.82) is 0 Å². The fourth-order valence-electron chi connectivity index (χ4n) is 4.39. The molecule has 0 bridgehead atoms. The third-order valence-electron chi connectivity index (χ3n) is 6.53. The smallest absolute Gasteiger partial charge is 0.0919 e. The average Bonchev–Trinajstić information content (AvgIpc) is 2.53. The highest BCUT2D eigenvalue weighted by atomic mass is 15.2. The van der Waals surface area contributed by atoms with E-state index >= 15 is 0 Å². The monoisotopic (exact) mass is 332 g/mol. The third-order valence-corrected chi connectivity index (χ3v) is 6.53. The Morgan fingerprint density at radius 1 is 1.04 bits per heavy atom. The van der Waals surface area contributed by atoms with Gasteiger partial charge in [0.1, 0.15) is 0 Å². The molecule has 25 heavy (non-hydrogen) atoms. The molecule has 1 aliphatic heterocycles. The van der Waals surface area contributed by atoms with E-state index in [9.17, 15) is 0 Å². The minimum absolute atomic E-state index is 0.183. The normalized spacial score (nSPS) is 22.7. The molecule has 0 spiro atoms. The Morgan fingerprint density at radius 2 is 1.80 bits per heavy atom. The number of hydrogen-bond acceptors (Lipinski definition) is 2. The van der Waals surface area contributed by atoms with Crippen LogP contribution in [0.1, 0.15) is 65.5 Å². The molecular formula is C23H28N2. The molecule has 1 atom stereocenters. The summed E-state index contributed by atoms with van der Waals surface area (Å²) in [6, 6.07) is 11.6. The van der Waals surface area contributed by atoms with Crippen LogP contribution in [0, 0.1) is 20.8 Å². The average molecular weight is 332 g/mol. The van der Waals surface area contributed by atoms with Gasteiger partial charge in [-0.15, -0.1) is 0 Å². The second-order valence-corrected chi connectivity index (χ2v) is 8.09. The molecule has 1 fully saturated rings. The van der Waals surface area contributed by atoms with Crippen molar-refractivity contribution in [2.75, 3.05) is 7.05 Å². The number of rotatable bonds is 2. The SMILES string of the molecule is Cc1cc(C)c(C)c(C2(C)c3cc(C4CCC4)ccc3N=CN2C)c1. The molecule has 2 aromatic rings. The van der Waals surface area contributed by atoms with Crippen molar-refractivity contribution in [3.05, 3.63) is 63.7 Å². The van der Waals surface area contributed by atoms with Crippen LogP contribution < -0.4 is 0 Å². The van der Waals surface area contributed by atoms with Crippen molar-refractivity contribution >= 4 is 12.0 Å². The summed E-state index contributed by atoms with van der Waals surface area (Å²) in [6.45, 7) is 9.02. The first-order valence-corrected chi connectivity index (χ1v) is 9.41. The Hall–Kier alpha value is -2.09. The maximum Gasteiger partial charge on any atom is 0.0919 e. The highest BCUT2D eigenvalue weighted by Crippen LogP contribution is 2.46. The molecule has 0 radical (unpaired) electrons. The summed E-state index contributed by atoms with van der Waals surface area (Å²) in [4.78, 5) is 6.99. The lowest BCUT2D eigenvalue weighted by atomic mass is 9.74. The topological polar surface area (TPSA) is 15.6 Å². The largest absolute Gasteiger partial charge is 0.352 e. The van der Waals surface area contributed by atoms with Gasteiger partial charge in [0, 0.05) is 12.6 Å². The Kier molecular flexibility index (Phi) is 3.75. The lowest BCUT2D eigenvalue weighted by Crippen LogP contribution is -2.44. The molecule has 4 rings (SSSR count). The number of aryl methyl sites for hydroxylation is 2. The molecule has 0 aromatic heterocycles. The number of fused-ring (bicyclic) bond motifs is 1. The quantitative estimate of drug-likeness (QED) is 0.684. The third kappa shape index (κ3) is 2.42. The Labute approximate surface area is 151 Å². The minimum Gasteiger partial charge on any atom is -0.352 e. The van der Waals surface area contributed by atoms with Crippen LogP contribution in [0.15, 0.2) is 35.3 Å². The van der Waals surface area contributed by atoms with Crippen molar-refractivity contribution in [1.82, 2.24) is 4.90 Å². The fourth-order valence-corrected chi connectivity index (χ4v) is 4.39. The Morgan fingerprint density at radius 3 is 2.48 bits per heavy atom. The van der Waals surface area contributed by atoms with Crippen LogP contribution in [0.5, 0.6) is 0 Å². The van der Waals surface area contributed by atoms with Crippen molar-refractivity contribution in [2.45, 2.75) is 58.4 Å². The van der Waals surface area contributed by atoms with Gasteiger partial charge in [0.25, 0.3) is 0 Å². The van der Waals surface area contributed by atoms with Gasteiger partial charge in [0.15, 0.2) is 0 Å². The van der Waals surface area contributed by atoms with E-state index in [2.05, 4.69) is 70.0 Å². The number of aliphatic imine (C=N–C) groups is 1.